The third-order valence-corrected chi connectivity index (χ3v) is 6.39. The molecule has 5 rings (SSSR count). The van der Waals surface area contributed by atoms with E-state index in [2.05, 4.69) is 25.1 Å². The minimum absolute atomic E-state index is 0.0269. The van der Waals surface area contributed by atoms with E-state index in [4.69, 9.17) is 4.74 Å². The maximum absolute atomic E-state index is 13.3. The van der Waals surface area contributed by atoms with Gasteiger partial charge in [0.1, 0.15) is 23.1 Å². The highest BCUT2D eigenvalue weighted by molar-refractivity contribution is 5.94. The van der Waals surface area contributed by atoms with Crippen LogP contribution in [0.3, 0.4) is 0 Å². The Labute approximate surface area is 210 Å². The topological polar surface area (TPSA) is 94.2 Å². The van der Waals surface area contributed by atoms with E-state index in [0.29, 0.717) is 37.7 Å². The van der Waals surface area contributed by atoms with Crippen molar-refractivity contribution in [3.05, 3.63) is 65.4 Å². The fourth-order valence-electron chi connectivity index (χ4n) is 4.56. The first-order valence-electron chi connectivity index (χ1n) is 11.9. The van der Waals surface area contributed by atoms with Gasteiger partial charge in [-0.15, -0.1) is 0 Å². The Balaban J connectivity index is 1.30. The van der Waals surface area contributed by atoms with Crippen LogP contribution in [0.15, 0.2) is 42.5 Å². The molecule has 36 heavy (non-hydrogen) atoms. The lowest BCUT2D eigenvalue weighted by atomic mass is 10.1. The molecule has 1 amide bonds. The van der Waals surface area contributed by atoms with Gasteiger partial charge in [-0.25, -0.2) is 14.6 Å². The van der Waals surface area contributed by atoms with Gasteiger partial charge in [-0.3, -0.25) is 9.48 Å². The number of nitrogens with zero attached hydrogens (tertiary/aromatic N) is 8. The maximum atomic E-state index is 13.3. The van der Waals surface area contributed by atoms with Crippen LogP contribution < -0.4 is 9.64 Å². The summed E-state index contributed by atoms with van der Waals surface area (Å²) < 4.78 is 8.81. The minimum Gasteiger partial charge on any atom is -0.497 e. The minimum atomic E-state index is -0.0269. The fourth-order valence-corrected chi connectivity index (χ4v) is 4.56. The molecule has 4 aromatic rings. The number of carbonyl (C=O) groups is 1. The highest BCUT2D eigenvalue weighted by Crippen LogP contribution is 2.25. The Bertz CT molecular complexity index is 1420. The predicted octanol–water partition coefficient (Wildman–Crippen LogP) is 2.96. The summed E-state index contributed by atoms with van der Waals surface area (Å²) in [6.07, 6.45) is 0. The van der Waals surface area contributed by atoms with Crippen LogP contribution in [0, 0.1) is 20.8 Å². The first kappa shape index (κ1) is 23.5. The second-order valence-electron chi connectivity index (χ2n) is 9.02. The molecule has 4 heterocycles. The molecule has 0 atom stereocenters. The number of aromatic nitrogens is 6. The molecule has 10 heteroatoms. The standard InChI is InChI=1S/C26H30N8O2/c1-17-13-18(2)34(29-17)25-16-24(27-19(3)28-25)32-9-11-33(12-10-32)26(35)23-15-22(30-31(23)4)20-7-6-8-21(14-20)36-5/h6-8,13-16H,9-12H2,1-5H3. The molecule has 0 spiro atoms. The zero-order chi connectivity index (χ0) is 25.4. The summed E-state index contributed by atoms with van der Waals surface area (Å²) >= 11 is 0. The van der Waals surface area contributed by atoms with Crippen LogP contribution in [0.5, 0.6) is 5.75 Å². The van der Waals surface area contributed by atoms with E-state index in [0.717, 1.165) is 40.0 Å². The van der Waals surface area contributed by atoms with Crippen LogP contribution in [0.25, 0.3) is 17.1 Å². The average molecular weight is 487 g/mol. The van der Waals surface area contributed by atoms with Crippen molar-refractivity contribution in [2.75, 3.05) is 38.2 Å². The molecule has 1 aliphatic rings. The Hall–Kier alpha value is -4.21. The molecule has 0 saturated carbocycles. The Morgan fingerprint density at radius 1 is 0.917 bits per heavy atom. The van der Waals surface area contributed by atoms with Crippen molar-refractivity contribution >= 4 is 11.7 Å². The number of amides is 1. The van der Waals surface area contributed by atoms with Gasteiger partial charge in [-0.1, -0.05) is 12.1 Å². The van der Waals surface area contributed by atoms with Gasteiger partial charge in [0.25, 0.3) is 5.91 Å². The van der Waals surface area contributed by atoms with Crippen LogP contribution >= 0.6 is 0 Å². The van der Waals surface area contributed by atoms with Crippen molar-refractivity contribution in [3.8, 4) is 22.8 Å². The van der Waals surface area contributed by atoms with E-state index in [1.807, 2.05) is 72.8 Å². The first-order chi connectivity index (χ1) is 17.3. The van der Waals surface area contributed by atoms with Crippen molar-refractivity contribution in [1.29, 1.82) is 0 Å². The molecule has 0 unspecified atom stereocenters. The Morgan fingerprint density at radius 3 is 2.36 bits per heavy atom. The number of ether oxygens (including phenoxy) is 1. The Kier molecular flexibility index (Phi) is 6.17. The van der Waals surface area contributed by atoms with Crippen molar-refractivity contribution < 1.29 is 9.53 Å². The summed E-state index contributed by atoms with van der Waals surface area (Å²) in [6, 6.07) is 13.5. The summed E-state index contributed by atoms with van der Waals surface area (Å²) in [5.74, 6) is 3.01. The fraction of sp³-hybridized carbons (Fsp3) is 0.346. The van der Waals surface area contributed by atoms with Gasteiger partial charge >= 0.3 is 0 Å². The summed E-state index contributed by atoms with van der Waals surface area (Å²) in [5, 5.41) is 9.13. The van der Waals surface area contributed by atoms with Gasteiger partial charge in [0, 0.05) is 50.6 Å². The smallest absolute Gasteiger partial charge is 0.272 e. The second kappa shape index (κ2) is 9.44. The number of aryl methyl sites for hydroxylation is 4. The van der Waals surface area contributed by atoms with Crippen LogP contribution in [-0.4, -0.2) is 73.6 Å². The highest BCUT2D eigenvalue weighted by atomic mass is 16.5. The van der Waals surface area contributed by atoms with E-state index in [1.54, 1.807) is 18.8 Å². The molecule has 0 bridgehead atoms. The van der Waals surface area contributed by atoms with E-state index < -0.39 is 0 Å². The normalized spacial score (nSPS) is 13.8. The molecule has 1 saturated heterocycles. The van der Waals surface area contributed by atoms with Gasteiger partial charge in [0.15, 0.2) is 5.82 Å². The predicted molar refractivity (Wildman–Crippen MR) is 137 cm³/mol. The monoisotopic (exact) mass is 486 g/mol. The number of piperazine rings is 1. The summed E-state index contributed by atoms with van der Waals surface area (Å²) in [5.41, 5.74) is 4.18. The van der Waals surface area contributed by atoms with Crippen LogP contribution in [0.4, 0.5) is 5.82 Å². The third kappa shape index (κ3) is 4.53. The van der Waals surface area contributed by atoms with E-state index in [9.17, 15) is 4.79 Å². The lowest BCUT2D eigenvalue weighted by Crippen LogP contribution is -2.49. The van der Waals surface area contributed by atoms with Crippen molar-refractivity contribution in [1.82, 2.24) is 34.4 Å². The van der Waals surface area contributed by atoms with Crippen LogP contribution in [0.2, 0.25) is 0 Å². The zero-order valence-corrected chi connectivity index (χ0v) is 21.3. The maximum Gasteiger partial charge on any atom is 0.272 e. The largest absolute Gasteiger partial charge is 0.497 e. The van der Waals surface area contributed by atoms with E-state index in [-0.39, 0.29) is 5.91 Å². The molecule has 0 N–H and O–H groups in total. The van der Waals surface area contributed by atoms with Crippen molar-refractivity contribution in [2.24, 2.45) is 7.05 Å². The summed E-state index contributed by atoms with van der Waals surface area (Å²) in [4.78, 5) is 26.7. The SMILES string of the molecule is COc1cccc(-c2cc(C(=O)N3CCN(c4cc(-n5nc(C)cc5C)nc(C)n4)CC3)n(C)n2)c1. The van der Waals surface area contributed by atoms with Crippen LogP contribution in [0.1, 0.15) is 27.7 Å². The number of benzene rings is 1. The average Bonchev–Trinajstić information content (AvgIpc) is 3.44. The molecular weight excluding hydrogens is 456 g/mol. The van der Waals surface area contributed by atoms with Gasteiger partial charge < -0.3 is 14.5 Å². The van der Waals surface area contributed by atoms with Gasteiger partial charge in [-0.2, -0.15) is 10.2 Å². The van der Waals surface area contributed by atoms with E-state index >= 15 is 0 Å². The second-order valence-corrected chi connectivity index (χ2v) is 9.02. The molecule has 186 valence electrons. The molecule has 0 radical (unpaired) electrons. The van der Waals surface area contributed by atoms with Gasteiger partial charge in [-0.05, 0) is 45.0 Å². The highest BCUT2D eigenvalue weighted by Gasteiger charge is 2.26. The Morgan fingerprint density at radius 2 is 1.67 bits per heavy atom. The van der Waals surface area contributed by atoms with Gasteiger partial charge in [0.2, 0.25) is 0 Å². The zero-order valence-electron chi connectivity index (χ0n) is 21.3. The number of rotatable bonds is 5. The lowest BCUT2D eigenvalue weighted by Gasteiger charge is -2.35. The lowest BCUT2D eigenvalue weighted by molar-refractivity contribution is 0.0735. The van der Waals surface area contributed by atoms with Gasteiger partial charge in [0.05, 0.1) is 18.5 Å². The molecule has 1 fully saturated rings. The number of anilines is 1. The van der Waals surface area contributed by atoms with Crippen molar-refractivity contribution in [3.63, 3.8) is 0 Å². The number of carbonyl (C=O) groups excluding carboxylic acids is 1. The first-order valence-corrected chi connectivity index (χ1v) is 11.9. The molecule has 1 aromatic carbocycles. The number of methoxy groups -OCH3 is 1. The molecule has 10 nitrogen and oxygen atoms in total. The molecule has 3 aromatic heterocycles. The van der Waals surface area contributed by atoms with E-state index in [1.165, 1.54) is 0 Å². The molecular formula is C26H30N8O2. The molecule has 1 aliphatic heterocycles. The van der Waals surface area contributed by atoms with Crippen molar-refractivity contribution in [2.45, 2.75) is 20.8 Å². The van der Waals surface area contributed by atoms with Crippen LogP contribution in [-0.2, 0) is 7.05 Å². The third-order valence-electron chi connectivity index (χ3n) is 6.39. The number of hydrogen-bond acceptors (Lipinski definition) is 7. The molecule has 0 aliphatic carbocycles. The number of hydrogen-bond donors (Lipinski definition) is 0. The quantitative estimate of drug-likeness (QED) is 0.428. The summed E-state index contributed by atoms with van der Waals surface area (Å²) in [6.45, 7) is 8.42. The summed E-state index contributed by atoms with van der Waals surface area (Å²) in [7, 11) is 3.44.